The predicted molar refractivity (Wildman–Crippen MR) is 64.0 cm³/mol. The highest BCUT2D eigenvalue weighted by atomic mass is 19.4. The SMILES string of the molecule is CC.Cc1cn(C)c2cc(C(F)(F)F)ccc12. The fraction of sp³-hybridized carbons (Fsp3) is 0.385. The number of aryl methyl sites for hydroxylation is 2. The van der Waals surface area contributed by atoms with E-state index in [-0.39, 0.29) is 0 Å². The van der Waals surface area contributed by atoms with Gasteiger partial charge in [0.15, 0.2) is 0 Å². The van der Waals surface area contributed by atoms with E-state index in [2.05, 4.69) is 0 Å². The first-order valence-electron chi connectivity index (χ1n) is 5.52. The predicted octanol–water partition coefficient (Wildman–Crippen LogP) is 4.53. The van der Waals surface area contributed by atoms with Gasteiger partial charge in [-0.15, -0.1) is 0 Å². The molecule has 0 aliphatic carbocycles. The van der Waals surface area contributed by atoms with Crippen molar-refractivity contribution in [3.8, 4) is 0 Å². The van der Waals surface area contributed by atoms with Crippen molar-refractivity contribution in [2.45, 2.75) is 26.9 Å². The molecule has 0 fully saturated rings. The first-order chi connectivity index (χ1) is 7.89. The zero-order chi connectivity index (χ0) is 13.2. The molecule has 0 saturated carbocycles. The van der Waals surface area contributed by atoms with Crippen LogP contribution in [0.25, 0.3) is 10.9 Å². The Balaban J connectivity index is 0.000000686. The summed E-state index contributed by atoms with van der Waals surface area (Å²) >= 11 is 0. The van der Waals surface area contributed by atoms with Gasteiger partial charge in [-0.2, -0.15) is 13.2 Å². The molecule has 2 rings (SSSR count). The molecule has 0 N–H and O–H groups in total. The summed E-state index contributed by atoms with van der Waals surface area (Å²) in [5.41, 5.74) is 1.000. The second-order valence-corrected chi connectivity index (χ2v) is 3.65. The van der Waals surface area contributed by atoms with E-state index >= 15 is 0 Å². The maximum atomic E-state index is 12.4. The lowest BCUT2D eigenvalue weighted by Crippen LogP contribution is -2.04. The van der Waals surface area contributed by atoms with Crippen LogP contribution in [0.15, 0.2) is 24.4 Å². The van der Waals surface area contributed by atoms with E-state index in [1.165, 1.54) is 12.1 Å². The van der Waals surface area contributed by atoms with Gasteiger partial charge in [0.05, 0.1) is 5.56 Å². The summed E-state index contributed by atoms with van der Waals surface area (Å²) in [5.74, 6) is 0. The molecule has 0 atom stereocenters. The highest BCUT2D eigenvalue weighted by molar-refractivity contribution is 5.84. The van der Waals surface area contributed by atoms with Crippen LogP contribution in [0.2, 0.25) is 0 Å². The Morgan fingerprint density at radius 1 is 1.12 bits per heavy atom. The monoisotopic (exact) mass is 243 g/mol. The van der Waals surface area contributed by atoms with Crippen LogP contribution in [0, 0.1) is 6.92 Å². The normalized spacial score (nSPS) is 11.2. The minimum atomic E-state index is -4.27. The molecule has 1 nitrogen and oxygen atoms in total. The molecular weight excluding hydrogens is 227 g/mol. The lowest BCUT2D eigenvalue weighted by molar-refractivity contribution is -0.137. The lowest BCUT2D eigenvalue weighted by Gasteiger charge is -2.06. The Bertz CT molecular complexity index is 509. The van der Waals surface area contributed by atoms with E-state index in [9.17, 15) is 13.2 Å². The molecule has 0 amide bonds. The molecule has 1 heterocycles. The van der Waals surface area contributed by atoms with E-state index in [0.717, 1.165) is 17.0 Å². The number of hydrogen-bond donors (Lipinski definition) is 0. The Labute approximate surface area is 98.9 Å². The molecular formula is C13H16F3N. The van der Waals surface area contributed by atoms with E-state index in [1.807, 2.05) is 27.0 Å². The molecule has 17 heavy (non-hydrogen) atoms. The van der Waals surface area contributed by atoms with Gasteiger partial charge in [-0.1, -0.05) is 19.9 Å². The number of fused-ring (bicyclic) bond motifs is 1. The van der Waals surface area contributed by atoms with Crippen LogP contribution in [0.4, 0.5) is 13.2 Å². The van der Waals surface area contributed by atoms with Gasteiger partial charge in [-0.3, -0.25) is 0 Å². The molecule has 0 saturated heterocycles. The number of halogens is 3. The van der Waals surface area contributed by atoms with Crippen LogP contribution >= 0.6 is 0 Å². The molecule has 1 aromatic heterocycles. The zero-order valence-corrected chi connectivity index (χ0v) is 10.4. The number of aromatic nitrogens is 1. The van der Waals surface area contributed by atoms with E-state index in [4.69, 9.17) is 0 Å². The van der Waals surface area contributed by atoms with Crippen molar-refractivity contribution < 1.29 is 13.2 Å². The van der Waals surface area contributed by atoms with Crippen molar-refractivity contribution in [2.75, 3.05) is 0 Å². The minimum Gasteiger partial charge on any atom is -0.350 e. The summed E-state index contributed by atoms with van der Waals surface area (Å²) in [5, 5.41) is 0.866. The second-order valence-electron chi connectivity index (χ2n) is 3.65. The molecule has 2 aromatic rings. The minimum absolute atomic E-state index is 0.601. The average Bonchev–Trinajstić information content (AvgIpc) is 2.56. The van der Waals surface area contributed by atoms with E-state index in [0.29, 0.717) is 5.52 Å². The summed E-state index contributed by atoms with van der Waals surface area (Å²) in [6.07, 6.45) is -2.45. The van der Waals surface area contributed by atoms with Gasteiger partial charge in [0, 0.05) is 24.1 Å². The number of nitrogens with zero attached hydrogens (tertiary/aromatic N) is 1. The molecule has 4 heteroatoms. The molecule has 94 valence electrons. The number of hydrogen-bond acceptors (Lipinski definition) is 0. The smallest absolute Gasteiger partial charge is 0.350 e. The summed E-state index contributed by atoms with van der Waals surface area (Å²) in [6, 6.07) is 3.82. The molecule has 0 unspecified atom stereocenters. The zero-order valence-electron chi connectivity index (χ0n) is 10.4. The first-order valence-corrected chi connectivity index (χ1v) is 5.52. The number of alkyl halides is 3. The van der Waals surface area contributed by atoms with Crippen LogP contribution in [0.1, 0.15) is 25.0 Å². The van der Waals surface area contributed by atoms with Gasteiger partial charge in [-0.25, -0.2) is 0 Å². The highest BCUT2D eigenvalue weighted by Gasteiger charge is 2.30. The van der Waals surface area contributed by atoms with Crippen molar-refractivity contribution >= 4 is 10.9 Å². The van der Waals surface area contributed by atoms with Crippen LogP contribution in [0.3, 0.4) is 0 Å². The first kappa shape index (κ1) is 13.6. The summed E-state index contributed by atoms with van der Waals surface area (Å²) in [7, 11) is 1.75. The molecule has 0 bridgehead atoms. The van der Waals surface area contributed by atoms with Crippen molar-refractivity contribution in [3.63, 3.8) is 0 Å². The third kappa shape index (κ3) is 2.62. The summed E-state index contributed by atoms with van der Waals surface area (Å²) in [6.45, 7) is 5.88. The third-order valence-corrected chi connectivity index (χ3v) is 2.52. The maximum absolute atomic E-state index is 12.4. The number of benzene rings is 1. The standard InChI is InChI=1S/C11H10F3N.C2H6/c1-7-6-15(2)10-5-8(11(12,13)14)3-4-9(7)10;1-2/h3-6H,1-2H3;1-2H3. The Kier molecular flexibility index (Phi) is 3.86. The van der Waals surface area contributed by atoms with Gasteiger partial charge >= 0.3 is 6.18 Å². The van der Waals surface area contributed by atoms with Crippen molar-refractivity contribution in [1.29, 1.82) is 0 Å². The summed E-state index contributed by atoms with van der Waals surface area (Å²) < 4.78 is 39.0. The van der Waals surface area contributed by atoms with Gasteiger partial charge in [0.2, 0.25) is 0 Å². The van der Waals surface area contributed by atoms with Crippen LogP contribution < -0.4 is 0 Å². The fourth-order valence-electron chi connectivity index (χ4n) is 1.76. The van der Waals surface area contributed by atoms with Crippen molar-refractivity contribution in [1.82, 2.24) is 4.57 Å². The third-order valence-electron chi connectivity index (χ3n) is 2.52. The molecule has 0 aliphatic rings. The van der Waals surface area contributed by atoms with Gasteiger partial charge < -0.3 is 4.57 Å². The van der Waals surface area contributed by atoms with Crippen molar-refractivity contribution in [2.24, 2.45) is 7.05 Å². The average molecular weight is 243 g/mol. The van der Waals surface area contributed by atoms with Crippen LogP contribution in [-0.4, -0.2) is 4.57 Å². The van der Waals surface area contributed by atoms with E-state index < -0.39 is 11.7 Å². The van der Waals surface area contributed by atoms with Crippen molar-refractivity contribution in [3.05, 3.63) is 35.5 Å². The molecule has 0 aliphatic heterocycles. The quantitative estimate of drug-likeness (QED) is 0.640. The van der Waals surface area contributed by atoms with E-state index in [1.54, 1.807) is 11.6 Å². The molecule has 0 spiro atoms. The highest BCUT2D eigenvalue weighted by Crippen LogP contribution is 2.32. The fourth-order valence-corrected chi connectivity index (χ4v) is 1.76. The van der Waals surface area contributed by atoms with Crippen LogP contribution in [0.5, 0.6) is 0 Å². The van der Waals surface area contributed by atoms with Gasteiger partial charge in [0.1, 0.15) is 0 Å². The number of rotatable bonds is 0. The Hall–Kier alpha value is -1.45. The Morgan fingerprint density at radius 3 is 2.24 bits per heavy atom. The molecule has 1 aromatic carbocycles. The molecule has 0 radical (unpaired) electrons. The topological polar surface area (TPSA) is 4.93 Å². The van der Waals surface area contributed by atoms with Gasteiger partial charge in [-0.05, 0) is 24.6 Å². The Morgan fingerprint density at radius 2 is 1.71 bits per heavy atom. The lowest BCUT2D eigenvalue weighted by atomic mass is 10.1. The largest absolute Gasteiger partial charge is 0.416 e. The summed E-state index contributed by atoms with van der Waals surface area (Å²) in [4.78, 5) is 0. The van der Waals surface area contributed by atoms with Crippen LogP contribution in [-0.2, 0) is 13.2 Å². The second kappa shape index (κ2) is 4.82. The van der Waals surface area contributed by atoms with Gasteiger partial charge in [0.25, 0.3) is 0 Å². The maximum Gasteiger partial charge on any atom is 0.416 e.